The van der Waals surface area contributed by atoms with Crippen LogP contribution >= 0.6 is 0 Å². The van der Waals surface area contributed by atoms with Crippen molar-refractivity contribution in [3.05, 3.63) is 81.5 Å². The van der Waals surface area contributed by atoms with Gasteiger partial charge in [0.1, 0.15) is 6.04 Å². The van der Waals surface area contributed by atoms with Crippen molar-refractivity contribution in [3.63, 3.8) is 0 Å². The van der Waals surface area contributed by atoms with Crippen molar-refractivity contribution in [2.75, 3.05) is 5.32 Å². The van der Waals surface area contributed by atoms with Gasteiger partial charge < -0.3 is 10.6 Å². The van der Waals surface area contributed by atoms with E-state index in [9.17, 15) is 25.0 Å². The lowest BCUT2D eigenvalue weighted by Crippen LogP contribution is -2.51. The zero-order valence-corrected chi connectivity index (χ0v) is 14.7. The minimum absolute atomic E-state index is 0.114. The second-order valence-corrected chi connectivity index (χ2v) is 6.00. The van der Waals surface area contributed by atoms with Crippen LogP contribution in [0.5, 0.6) is 0 Å². The third-order valence-electron chi connectivity index (χ3n) is 4.21. The number of rotatable bonds is 3. The molecule has 9 nitrogen and oxygen atoms in total. The number of nitrogens with zero attached hydrogens (tertiary/aromatic N) is 3. The molecule has 1 aliphatic rings. The summed E-state index contributed by atoms with van der Waals surface area (Å²) in [5, 5.41) is 25.8. The minimum atomic E-state index is -1.10. The zero-order valence-electron chi connectivity index (χ0n) is 14.7. The number of anilines is 1. The standard InChI is InChI=1S/C19H15N5O4/c1-12-16(11-20)17(13-6-5-9-15(10-13)24(27)28)23(18(25)21-12)19(26)22-14-7-3-2-4-8-14/h2-10,17H,1H3,(H,21,25)(H,22,26). The second-order valence-electron chi connectivity index (χ2n) is 6.00. The first-order chi connectivity index (χ1) is 13.4. The van der Waals surface area contributed by atoms with E-state index in [0.29, 0.717) is 5.69 Å². The Morgan fingerprint density at radius 1 is 1.25 bits per heavy atom. The fraction of sp³-hybridized carbons (Fsp3) is 0.105. The lowest BCUT2D eigenvalue weighted by atomic mass is 9.94. The van der Waals surface area contributed by atoms with Crippen molar-refractivity contribution in [2.24, 2.45) is 0 Å². The number of imide groups is 1. The number of carbonyl (C=O) groups is 2. The number of nitro groups is 1. The number of non-ortho nitro benzene ring substituents is 1. The average molecular weight is 377 g/mol. The second kappa shape index (κ2) is 7.59. The highest BCUT2D eigenvalue weighted by Gasteiger charge is 2.39. The fourth-order valence-electron chi connectivity index (χ4n) is 2.92. The molecule has 2 N–H and O–H groups in total. The lowest BCUT2D eigenvalue weighted by molar-refractivity contribution is -0.384. The average Bonchev–Trinajstić information content (AvgIpc) is 2.68. The van der Waals surface area contributed by atoms with Crippen LogP contribution in [0.2, 0.25) is 0 Å². The summed E-state index contributed by atoms with van der Waals surface area (Å²) in [6.45, 7) is 1.53. The van der Waals surface area contributed by atoms with Gasteiger partial charge in [-0.05, 0) is 24.6 Å². The third kappa shape index (κ3) is 3.52. The summed E-state index contributed by atoms with van der Waals surface area (Å²) in [5.74, 6) is 0. The van der Waals surface area contributed by atoms with E-state index in [-0.39, 0.29) is 22.5 Å². The first kappa shape index (κ1) is 18.6. The van der Waals surface area contributed by atoms with Crippen LogP contribution in [0.3, 0.4) is 0 Å². The Hall–Kier alpha value is -4.19. The number of benzene rings is 2. The summed E-state index contributed by atoms with van der Waals surface area (Å²) in [6.07, 6.45) is 0. The van der Waals surface area contributed by atoms with Gasteiger partial charge in [0.25, 0.3) is 5.69 Å². The maximum Gasteiger partial charge on any atom is 0.330 e. The molecular weight excluding hydrogens is 362 g/mol. The number of hydrogen-bond acceptors (Lipinski definition) is 5. The highest BCUT2D eigenvalue weighted by molar-refractivity contribution is 6.02. The van der Waals surface area contributed by atoms with Gasteiger partial charge in [0.2, 0.25) is 0 Å². The van der Waals surface area contributed by atoms with E-state index in [1.54, 1.807) is 30.3 Å². The first-order valence-electron chi connectivity index (χ1n) is 8.24. The zero-order chi connectivity index (χ0) is 20.3. The van der Waals surface area contributed by atoms with E-state index in [1.807, 2.05) is 6.07 Å². The maximum atomic E-state index is 12.8. The monoisotopic (exact) mass is 377 g/mol. The van der Waals surface area contributed by atoms with Crippen molar-refractivity contribution < 1.29 is 14.5 Å². The Kier molecular flexibility index (Phi) is 5.04. The minimum Gasteiger partial charge on any atom is -0.310 e. The lowest BCUT2D eigenvalue weighted by Gasteiger charge is -2.34. The highest BCUT2D eigenvalue weighted by Crippen LogP contribution is 2.35. The number of urea groups is 2. The van der Waals surface area contributed by atoms with E-state index < -0.39 is 23.0 Å². The van der Waals surface area contributed by atoms with E-state index in [2.05, 4.69) is 10.6 Å². The molecule has 2 aromatic rings. The highest BCUT2D eigenvalue weighted by atomic mass is 16.6. The van der Waals surface area contributed by atoms with Crippen LogP contribution in [-0.2, 0) is 0 Å². The summed E-state index contributed by atoms with van der Waals surface area (Å²) in [6, 6.07) is 13.4. The molecule has 0 radical (unpaired) electrons. The summed E-state index contributed by atoms with van der Waals surface area (Å²) < 4.78 is 0. The predicted octanol–water partition coefficient (Wildman–Crippen LogP) is 3.69. The largest absolute Gasteiger partial charge is 0.330 e. The molecule has 3 rings (SSSR count). The van der Waals surface area contributed by atoms with E-state index >= 15 is 0 Å². The van der Waals surface area contributed by atoms with Gasteiger partial charge in [0.15, 0.2) is 0 Å². The Balaban J connectivity index is 2.07. The van der Waals surface area contributed by atoms with Crippen molar-refractivity contribution in [3.8, 4) is 6.07 Å². The van der Waals surface area contributed by atoms with Crippen LogP contribution < -0.4 is 10.6 Å². The molecule has 2 aromatic carbocycles. The number of carbonyl (C=O) groups excluding carboxylic acids is 2. The molecule has 9 heteroatoms. The number of para-hydroxylation sites is 1. The van der Waals surface area contributed by atoms with Crippen LogP contribution in [-0.4, -0.2) is 21.9 Å². The number of allylic oxidation sites excluding steroid dienone is 1. The molecule has 0 saturated carbocycles. The molecule has 0 aromatic heterocycles. The SMILES string of the molecule is CC1=C(C#N)C(c2cccc([N+](=O)[O-])c2)N(C(=O)Nc2ccccc2)C(=O)N1. The van der Waals surface area contributed by atoms with Gasteiger partial charge in [0, 0.05) is 23.5 Å². The van der Waals surface area contributed by atoms with Gasteiger partial charge in [0.05, 0.1) is 16.6 Å². The topological polar surface area (TPSA) is 128 Å². The van der Waals surface area contributed by atoms with E-state index in [0.717, 1.165) is 4.90 Å². The van der Waals surface area contributed by atoms with Crippen molar-refractivity contribution in [1.82, 2.24) is 10.2 Å². The number of amides is 4. The molecular formula is C19H15N5O4. The number of nitro benzene ring substituents is 1. The van der Waals surface area contributed by atoms with Crippen molar-refractivity contribution >= 4 is 23.4 Å². The molecule has 0 fully saturated rings. The first-order valence-corrected chi connectivity index (χ1v) is 8.24. The quantitative estimate of drug-likeness (QED) is 0.622. The smallest absolute Gasteiger partial charge is 0.310 e. The third-order valence-corrected chi connectivity index (χ3v) is 4.21. The Morgan fingerprint density at radius 3 is 2.61 bits per heavy atom. The molecule has 1 heterocycles. The van der Waals surface area contributed by atoms with Gasteiger partial charge in [-0.1, -0.05) is 30.3 Å². The molecule has 0 spiro atoms. The van der Waals surface area contributed by atoms with Gasteiger partial charge >= 0.3 is 12.1 Å². The maximum absolute atomic E-state index is 12.8. The predicted molar refractivity (Wildman–Crippen MR) is 100.0 cm³/mol. The van der Waals surface area contributed by atoms with E-state index in [4.69, 9.17) is 0 Å². The summed E-state index contributed by atoms with van der Waals surface area (Å²) in [5.41, 5.74) is 0.934. The molecule has 4 amide bonds. The van der Waals surface area contributed by atoms with Crippen molar-refractivity contribution in [1.29, 1.82) is 5.26 Å². The molecule has 0 aliphatic carbocycles. The number of nitrogens with one attached hydrogen (secondary N) is 2. The summed E-state index contributed by atoms with van der Waals surface area (Å²) in [7, 11) is 0. The fourth-order valence-corrected chi connectivity index (χ4v) is 2.92. The van der Waals surface area contributed by atoms with Gasteiger partial charge in [-0.2, -0.15) is 5.26 Å². The van der Waals surface area contributed by atoms with Crippen LogP contribution in [0, 0.1) is 21.4 Å². The Bertz CT molecular complexity index is 1030. The van der Waals surface area contributed by atoms with Crippen molar-refractivity contribution in [2.45, 2.75) is 13.0 Å². The number of nitriles is 1. The van der Waals surface area contributed by atoms with Gasteiger partial charge in [-0.15, -0.1) is 0 Å². The molecule has 0 saturated heterocycles. The Labute approximate surface area is 160 Å². The Morgan fingerprint density at radius 2 is 1.96 bits per heavy atom. The molecule has 1 atom stereocenters. The molecule has 28 heavy (non-hydrogen) atoms. The summed E-state index contributed by atoms with van der Waals surface area (Å²) in [4.78, 5) is 36.8. The van der Waals surface area contributed by atoms with Crippen LogP contribution in [0.15, 0.2) is 65.9 Å². The van der Waals surface area contributed by atoms with Gasteiger partial charge in [-0.25, -0.2) is 14.5 Å². The summed E-state index contributed by atoms with van der Waals surface area (Å²) >= 11 is 0. The number of hydrogen-bond donors (Lipinski definition) is 2. The molecule has 1 aliphatic heterocycles. The van der Waals surface area contributed by atoms with Crippen LogP contribution in [0.4, 0.5) is 21.0 Å². The van der Waals surface area contributed by atoms with Crippen LogP contribution in [0.1, 0.15) is 18.5 Å². The molecule has 1 unspecified atom stereocenters. The molecule has 0 bridgehead atoms. The van der Waals surface area contributed by atoms with E-state index in [1.165, 1.54) is 31.2 Å². The van der Waals surface area contributed by atoms with Crippen LogP contribution in [0.25, 0.3) is 0 Å². The molecule has 140 valence electrons. The normalized spacial score (nSPS) is 16.2. The van der Waals surface area contributed by atoms with Gasteiger partial charge in [-0.3, -0.25) is 10.1 Å².